The average molecular weight is 387 g/mol. The number of pyridine rings is 1. The Labute approximate surface area is 171 Å². The standard InChI is InChI=1S/C24H25N3O2/c1-15(2)21-10-5-7-16(3)23(21)27-22-14-19(11-12-25-22)24(29)26-20-9-6-8-18(13-20)17(4)28/h5-15H,1-4H3,(H,25,27)(H,26,29). The number of Topliss-reactive ketones (excluding diaryl/α,β-unsaturated/α-hetero) is 1. The van der Waals surface area contributed by atoms with Gasteiger partial charge in [-0.05, 0) is 55.2 Å². The number of hydrogen-bond donors (Lipinski definition) is 2. The van der Waals surface area contributed by atoms with Gasteiger partial charge in [0.15, 0.2) is 5.78 Å². The summed E-state index contributed by atoms with van der Waals surface area (Å²) in [5, 5.41) is 6.21. The highest BCUT2D eigenvalue weighted by Crippen LogP contribution is 2.29. The average Bonchev–Trinajstić information content (AvgIpc) is 2.69. The fourth-order valence-electron chi connectivity index (χ4n) is 3.13. The van der Waals surface area contributed by atoms with Crippen LogP contribution >= 0.6 is 0 Å². The van der Waals surface area contributed by atoms with Crippen LogP contribution in [0.25, 0.3) is 0 Å². The summed E-state index contributed by atoms with van der Waals surface area (Å²) in [4.78, 5) is 28.6. The summed E-state index contributed by atoms with van der Waals surface area (Å²) in [6.45, 7) is 7.84. The molecule has 2 aromatic carbocycles. The SMILES string of the molecule is CC(=O)c1cccc(NC(=O)c2ccnc(Nc3c(C)cccc3C(C)C)c2)c1. The lowest BCUT2D eigenvalue weighted by molar-refractivity contribution is 0.101. The molecular formula is C24H25N3O2. The van der Waals surface area contributed by atoms with Gasteiger partial charge in [-0.25, -0.2) is 4.98 Å². The van der Waals surface area contributed by atoms with Gasteiger partial charge < -0.3 is 10.6 Å². The molecular weight excluding hydrogens is 362 g/mol. The van der Waals surface area contributed by atoms with Crippen molar-refractivity contribution < 1.29 is 9.59 Å². The molecule has 0 unspecified atom stereocenters. The molecule has 1 amide bonds. The largest absolute Gasteiger partial charge is 0.340 e. The van der Waals surface area contributed by atoms with Crippen LogP contribution in [0.3, 0.4) is 0 Å². The summed E-state index contributed by atoms with van der Waals surface area (Å²) in [6.07, 6.45) is 1.61. The third-order valence-electron chi connectivity index (χ3n) is 4.73. The minimum Gasteiger partial charge on any atom is -0.340 e. The Morgan fingerprint density at radius 1 is 0.966 bits per heavy atom. The number of aromatic nitrogens is 1. The van der Waals surface area contributed by atoms with E-state index in [1.165, 1.54) is 12.5 Å². The highest BCUT2D eigenvalue weighted by molar-refractivity contribution is 6.05. The van der Waals surface area contributed by atoms with Gasteiger partial charge in [-0.15, -0.1) is 0 Å². The first kappa shape index (κ1) is 20.3. The molecule has 3 aromatic rings. The number of carbonyl (C=O) groups is 2. The summed E-state index contributed by atoms with van der Waals surface area (Å²) in [5.74, 6) is 0.657. The zero-order valence-electron chi connectivity index (χ0n) is 17.1. The fraction of sp³-hybridized carbons (Fsp3) is 0.208. The molecule has 0 bridgehead atoms. The summed E-state index contributed by atoms with van der Waals surface area (Å²) in [6, 6.07) is 16.5. The summed E-state index contributed by atoms with van der Waals surface area (Å²) in [7, 11) is 0. The van der Waals surface area contributed by atoms with E-state index in [9.17, 15) is 9.59 Å². The lowest BCUT2D eigenvalue weighted by Crippen LogP contribution is -2.13. The van der Waals surface area contributed by atoms with E-state index < -0.39 is 0 Å². The third kappa shape index (κ3) is 4.88. The second-order valence-electron chi connectivity index (χ2n) is 7.34. The fourth-order valence-corrected chi connectivity index (χ4v) is 3.13. The number of para-hydroxylation sites is 1. The maximum atomic E-state index is 12.7. The first-order valence-electron chi connectivity index (χ1n) is 9.60. The van der Waals surface area contributed by atoms with Crippen molar-refractivity contribution in [2.45, 2.75) is 33.6 Å². The molecule has 1 heterocycles. The summed E-state index contributed by atoms with van der Waals surface area (Å²) >= 11 is 0. The first-order chi connectivity index (χ1) is 13.8. The predicted molar refractivity (Wildman–Crippen MR) is 117 cm³/mol. The number of benzene rings is 2. The quantitative estimate of drug-likeness (QED) is 0.531. The zero-order chi connectivity index (χ0) is 21.0. The van der Waals surface area contributed by atoms with Gasteiger partial charge in [0, 0.05) is 28.7 Å². The number of anilines is 3. The summed E-state index contributed by atoms with van der Waals surface area (Å²) in [5.41, 5.74) is 4.95. The number of carbonyl (C=O) groups excluding carboxylic acids is 2. The van der Waals surface area contributed by atoms with Crippen LogP contribution in [-0.4, -0.2) is 16.7 Å². The van der Waals surface area contributed by atoms with Crippen molar-refractivity contribution in [2.24, 2.45) is 0 Å². The summed E-state index contributed by atoms with van der Waals surface area (Å²) < 4.78 is 0. The second-order valence-corrected chi connectivity index (χ2v) is 7.34. The minimum atomic E-state index is -0.259. The van der Waals surface area contributed by atoms with Crippen LogP contribution in [0.2, 0.25) is 0 Å². The van der Waals surface area contributed by atoms with Crippen molar-refractivity contribution in [1.29, 1.82) is 0 Å². The molecule has 5 nitrogen and oxygen atoms in total. The smallest absolute Gasteiger partial charge is 0.255 e. The van der Waals surface area contributed by atoms with E-state index >= 15 is 0 Å². The van der Waals surface area contributed by atoms with Crippen LogP contribution in [0, 0.1) is 6.92 Å². The van der Waals surface area contributed by atoms with Gasteiger partial charge in [0.2, 0.25) is 0 Å². The second kappa shape index (κ2) is 8.69. The molecule has 5 heteroatoms. The Bertz CT molecular complexity index is 1060. The molecule has 29 heavy (non-hydrogen) atoms. The molecule has 0 radical (unpaired) electrons. The van der Waals surface area contributed by atoms with Crippen LogP contribution in [0.4, 0.5) is 17.2 Å². The van der Waals surface area contributed by atoms with E-state index in [0.29, 0.717) is 28.6 Å². The van der Waals surface area contributed by atoms with Crippen molar-refractivity contribution in [3.8, 4) is 0 Å². The van der Waals surface area contributed by atoms with Crippen LogP contribution in [0.5, 0.6) is 0 Å². The lowest BCUT2D eigenvalue weighted by Gasteiger charge is -2.17. The number of nitrogens with one attached hydrogen (secondary N) is 2. The number of aryl methyl sites for hydroxylation is 1. The molecule has 0 saturated carbocycles. The van der Waals surface area contributed by atoms with E-state index in [-0.39, 0.29) is 11.7 Å². The number of ketones is 1. The van der Waals surface area contributed by atoms with Crippen LogP contribution < -0.4 is 10.6 Å². The molecule has 0 atom stereocenters. The highest BCUT2D eigenvalue weighted by atomic mass is 16.1. The molecule has 0 aliphatic rings. The predicted octanol–water partition coefficient (Wildman–Crippen LogP) is 5.71. The lowest BCUT2D eigenvalue weighted by atomic mass is 9.98. The van der Waals surface area contributed by atoms with Crippen molar-refractivity contribution in [3.63, 3.8) is 0 Å². The Morgan fingerprint density at radius 2 is 1.72 bits per heavy atom. The van der Waals surface area contributed by atoms with Crippen LogP contribution in [-0.2, 0) is 0 Å². The number of rotatable bonds is 6. The van der Waals surface area contributed by atoms with Gasteiger partial charge >= 0.3 is 0 Å². The van der Waals surface area contributed by atoms with Gasteiger partial charge in [-0.2, -0.15) is 0 Å². The molecule has 0 fully saturated rings. The molecule has 0 spiro atoms. The van der Waals surface area contributed by atoms with Crippen molar-refractivity contribution >= 4 is 28.9 Å². The maximum absolute atomic E-state index is 12.7. The molecule has 1 aromatic heterocycles. The molecule has 0 saturated heterocycles. The van der Waals surface area contributed by atoms with E-state index in [2.05, 4.69) is 35.5 Å². The van der Waals surface area contributed by atoms with Gasteiger partial charge in [0.05, 0.1) is 0 Å². The van der Waals surface area contributed by atoms with Gasteiger partial charge in [-0.3, -0.25) is 9.59 Å². The Hall–Kier alpha value is -3.47. The van der Waals surface area contributed by atoms with Gasteiger partial charge in [0.1, 0.15) is 5.82 Å². The maximum Gasteiger partial charge on any atom is 0.255 e. The van der Waals surface area contributed by atoms with E-state index in [1.807, 2.05) is 19.1 Å². The number of amides is 1. The first-order valence-corrected chi connectivity index (χ1v) is 9.60. The molecule has 3 rings (SSSR count). The van der Waals surface area contributed by atoms with Crippen molar-refractivity contribution in [2.75, 3.05) is 10.6 Å². The Balaban J connectivity index is 1.82. The topological polar surface area (TPSA) is 71.1 Å². The van der Waals surface area contributed by atoms with E-state index in [1.54, 1.807) is 42.6 Å². The van der Waals surface area contributed by atoms with Gasteiger partial charge in [-0.1, -0.05) is 44.2 Å². The van der Waals surface area contributed by atoms with Crippen molar-refractivity contribution in [3.05, 3.63) is 83.0 Å². The zero-order valence-corrected chi connectivity index (χ0v) is 17.1. The van der Waals surface area contributed by atoms with E-state index in [0.717, 1.165) is 11.3 Å². The Kier molecular flexibility index (Phi) is 6.07. The van der Waals surface area contributed by atoms with Crippen molar-refractivity contribution in [1.82, 2.24) is 4.98 Å². The van der Waals surface area contributed by atoms with Crippen LogP contribution in [0.15, 0.2) is 60.8 Å². The van der Waals surface area contributed by atoms with Crippen LogP contribution in [0.1, 0.15) is 58.5 Å². The molecule has 0 aliphatic heterocycles. The normalized spacial score (nSPS) is 10.7. The monoisotopic (exact) mass is 387 g/mol. The highest BCUT2D eigenvalue weighted by Gasteiger charge is 2.12. The molecule has 2 N–H and O–H groups in total. The minimum absolute atomic E-state index is 0.0457. The van der Waals surface area contributed by atoms with E-state index in [4.69, 9.17) is 0 Å². The molecule has 148 valence electrons. The third-order valence-corrected chi connectivity index (χ3v) is 4.73. The Morgan fingerprint density at radius 3 is 2.45 bits per heavy atom. The van der Waals surface area contributed by atoms with Gasteiger partial charge in [0.25, 0.3) is 5.91 Å². The number of hydrogen-bond acceptors (Lipinski definition) is 4. The number of nitrogens with zero attached hydrogens (tertiary/aromatic N) is 1. The molecule has 0 aliphatic carbocycles.